The Hall–Kier alpha value is -4.05. The van der Waals surface area contributed by atoms with E-state index in [2.05, 4.69) is 123 Å². The Morgan fingerprint density at radius 2 is 0.701 bits per heavy atom. The van der Waals surface area contributed by atoms with Crippen molar-refractivity contribution < 1.29 is 42.9 Å². The molecule has 0 radical (unpaired) electrons. The van der Waals surface area contributed by atoms with Gasteiger partial charge in [0.15, 0.2) is 12.4 Å². The first kappa shape index (κ1) is 73.0. The average Bonchev–Trinajstić information content (AvgIpc) is 3.40. The summed E-state index contributed by atoms with van der Waals surface area (Å²) < 4.78 is 22.7. The standard InChI is InChI=1S/C68H115NO8/c1-6-8-10-12-14-16-18-20-22-24-25-26-27-28-29-30-31-32-33-34-35-36-37-38-39-40-41-43-45-47-49-51-53-55-57-59-66(71)77-64(63-76-68(67(72)73)74-61-60-69(3,4)5)62-75-65(70)58-56-54-52-50-48-46-44-42-23-21-19-17-15-13-11-9-7-2/h8-11,14-17,20-23,25-26,28-29,31-32,64,68H,6-7,12-13,18-19,24,27,30,33-63H2,1-5H3/b10-8-,11-9-,16-14-,17-15-,22-20-,23-21-,26-25-,29-28-,32-31-. The maximum absolute atomic E-state index is 12.9. The predicted octanol–water partition coefficient (Wildman–Crippen LogP) is 17.3. The first-order chi connectivity index (χ1) is 37.6. The van der Waals surface area contributed by atoms with Gasteiger partial charge in [0, 0.05) is 12.8 Å². The van der Waals surface area contributed by atoms with Crippen LogP contribution in [0.3, 0.4) is 0 Å². The molecule has 9 nitrogen and oxygen atoms in total. The van der Waals surface area contributed by atoms with E-state index in [1.54, 1.807) is 0 Å². The van der Waals surface area contributed by atoms with Gasteiger partial charge in [-0.1, -0.05) is 245 Å². The Morgan fingerprint density at radius 1 is 0.390 bits per heavy atom. The van der Waals surface area contributed by atoms with Crippen LogP contribution in [0.1, 0.15) is 245 Å². The number of ether oxygens (including phenoxy) is 4. The molecule has 0 heterocycles. The number of allylic oxidation sites excluding steroid dienone is 18. The van der Waals surface area contributed by atoms with Gasteiger partial charge in [0.05, 0.1) is 40.3 Å². The monoisotopic (exact) mass is 1070 g/mol. The Labute approximate surface area is 473 Å². The van der Waals surface area contributed by atoms with E-state index in [0.29, 0.717) is 17.4 Å². The molecule has 0 aromatic heterocycles. The number of aliphatic carboxylic acids is 1. The van der Waals surface area contributed by atoms with E-state index >= 15 is 0 Å². The van der Waals surface area contributed by atoms with Crippen molar-refractivity contribution >= 4 is 17.9 Å². The molecule has 0 rings (SSSR count). The van der Waals surface area contributed by atoms with Crippen molar-refractivity contribution in [1.29, 1.82) is 0 Å². The van der Waals surface area contributed by atoms with E-state index in [1.165, 1.54) is 103 Å². The van der Waals surface area contributed by atoms with Crippen molar-refractivity contribution in [2.75, 3.05) is 47.5 Å². The minimum atomic E-state index is -1.63. The topological polar surface area (TPSA) is 111 Å². The number of carboxylic acids is 1. The summed E-state index contributed by atoms with van der Waals surface area (Å²) in [5.74, 6) is -2.30. The molecule has 0 aliphatic carbocycles. The fourth-order valence-corrected chi connectivity index (χ4v) is 8.32. The SMILES string of the molecule is CC/C=C\C/C=C\C/C=C\C/C=C\C/C=C\C/C=C\CCCCCCCCCCCCCCCCCCC(=O)OC(COC(=O)CCCCCCCCC/C=C\C/C=C\C/C=C\CC)COC(OCC[N+](C)(C)C)C(=O)[O-]. The van der Waals surface area contributed by atoms with Gasteiger partial charge in [-0.05, 0) is 96.3 Å². The fourth-order valence-electron chi connectivity index (χ4n) is 8.32. The van der Waals surface area contributed by atoms with Crippen LogP contribution in [0.4, 0.5) is 0 Å². The molecule has 0 amide bonds. The first-order valence-corrected chi connectivity index (χ1v) is 31.0. The number of unbranched alkanes of at least 4 members (excludes halogenated alkanes) is 23. The van der Waals surface area contributed by atoms with Crippen LogP contribution in [0.5, 0.6) is 0 Å². The number of esters is 2. The van der Waals surface area contributed by atoms with E-state index < -0.39 is 24.3 Å². The van der Waals surface area contributed by atoms with Gasteiger partial charge in [0.25, 0.3) is 0 Å². The van der Waals surface area contributed by atoms with Gasteiger partial charge in [-0.25, -0.2) is 0 Å². The van der Waals surface area contributed by atoms with E-state index in [9.17, 15) is 19.5 Å². The number of carbonyl (C=O) groups excluding carboxylic acids is 3. The van der Waals surface area contributed by atoms with Crippen LogP contribution in [0.25, 0.3) is 0 Å². The molecular formula is C68H115NO8. The third-order valence-corrected chi connectivity index (χ3v) is 13.0. The molecule has 0 aromatic rings. The van der Waals surface area contributed by atoms with Crippen LogP contribution in [0.15, 0.2) is 109 Å². The molecule has 0 saturated carbocycles. The Kier molecular flexibility index (Phi) is 55.1. The summed E-state index contributed by atoms with van der Waals surface area (Å²) in [5, 5.41) is 11.8. The molecule has 77 heavy (non-hydrogen) atoms. The molecule has 2 atom stereocenters. The molecule has 0 bridgehead atoms. The maximum Gasteiger partial charge on any atom is 0.306 e. The molecular weight excluding hydrogens is 959 g/mol. The third-order valence-electron chi connectivity index (χ3n) is 13.0. The Balaban J connectivity index is 4.13. The molecule has 9 heteroatoms. The lowest BCUT2D eigenvalue weighted by Crippen LogP contribution is -2.44. The van der Waals surface area contributed by atoms with Gasteiger partial charge in [-0.2, -0.15) is 0 Å². The Bertz CT molecular complexity index is 1630. The molecule has 0 aliphatic rings. The first-order valence-electron chi connectivity index (χ1n) is 31.0. The maximum atomic E-state index is 12.9. The van der Waals surface area contributed by atoms with Crippen molar-refractivity contribution in [3.63, 3.8) is 0 Å². The highest BCUT2D eigenvalue weighted by atomic mass is 16.7. The lowest BCUT2D eigenvalue weighted by atomic mass is 10.0. The van der Waals surface area contributed by atoms with Gasteiger partial charge in [0.1, 0.15) is 13.2 Å². The van der Waals surface area contributed by atoms with Crippen molar-refractivity contribution in [1.82, 2.24) is 0 Å². The van der Waals surface area contributed by atoms with Gasteiger partial charge < -0.3 is 33.3 Å². The molecule has 0 spiro atoms. The van der Waals surface area contributed by atoms with Crippen LogP contribution in [0.2, 0.25) is 0 Å². The third kappa shape index (κ3) is 59.5. The number of hydrogen-bond acceptors (Lipinski definition) is 8. The molecule has 440 valence electrons. The molecule has 0 fully saturated rings. The summed E-state index contributed by atoms with van der Waals surface area (Å²) in [6, 6.07) is 0. The van der Waals surface area contributed by atoms with Crippen molar-refractivity contribution in [2.45, 2.75) is 257 Å². The second-order valence-corrected chi connectivity index (χ2v) is 21.6. The quantitative estimate of drug-likeness (QED) is 0.0195. The second-order valence-electron chi connectivity index (χ2n) is 21.6. The van der Waals surface area contributed by atoms with Gasteiger partial charge in [-0.3, -0.25) is 9.59 Å². The normalized spacial score (nSPS) is 13.5. The lowest BCUT2D eigenvalue weighted by molar-refractivity contribution is -0.870. The number of carboxylic acid groups (broad SMARTS) is 1. The lowest BCUT2D eigenvalue weighted by Gasteiger charge is -2.26. The van der Waals surface area contributed by atoms with Crippen molar-refractivity contribution in [3.8, 4) is 0 Å². The molecule has 0 N–H and O–H groups in total. The van der Waals surface area contributed by atoms with Crippen molar-refractivity contribution in [3.05, 3.63) is 109 Å². The summed E-state index contributed by atoms with van der Waals surface area (Å²) in [6.07, 6.45) is 77.2. The highest BCUT2D eigenvalue weighted by molar-refractivity contribution is 5.70. The summed E-state index contributed by atoms with van der Waals surface area (Å²) in [7, 11) is 5.92. The minimum Gasteiger partial charge on any atom is -0.545 e. The Morgan fingerprint density at radius 3 is 1.04 bits per heavy atom. The van der Waals surface area contributed by atoms with Crippen LogP contribution >= 0.6 is 0 Å². The van der Waals surface area contributed by atoms with E-state index in [1.807, 2.05) is 21.1 Å². The number of quaternary nitrogens is 1. The van der Waals surface area contributed by atoms with Crippen LogP contribution in [0, 0.1) is 0 Å². The zero-order valence-electron chi connectivity index (χ0n) is 50.0. The summed E-state index contributed by atoms with van der Waals surface area (Å²) in [5.41, 5.74) is 0. The molecule has 2 unspecified atom stereocenters. The number of nitrogens with zero attached hydrogens (tertiary/aromatic N) is 1. The van der Waals surface area contributed by atoms with E-state index in [-0.39, 0.29) is 38.6 Å². The number of rotatable bonds is 56. The largest absolute Gasteiger partial charge is 0.545 e. The van der Waals surface area contributed by atoms with Gasteiger partial charge in [0.2, 0.25) is 0 Å². The summed E-state index contributed by atoms with van der Waals surface area (Å²) >= 11 is 0. The number of carbonyl (C=O) groups is 3. The zero-order valence-corrected chi connectivity index (χ0v) is 50.0. The molecule has 0 saturated heterocycles. The zero-order chi connectivity index (χ0) is 56.2. The van der Waals surface area contributed by atoms with Gasteiger partial charge in [-0.15, -0.1) is 0 Å². The predicted molar refractivity (Wildman–Crippen MR) is 324 cm³/mol. The molecule has 0 aromatic carbocycles. The van der Waals surface area contributed by atoms with E-state index in [4.69, 9.17) is 18.9 Å². The second kappa shape index (κ2) is 58.1. The summed E-state index contributed by atoms with van der Waals surface area (Å²) in [6.45, 7) is 4.51. The highest BCUT2D eigenvalue weighted by Gasteiger charge is 2.22. The number of likely N-dealkylation sites (N-methyl/N-ethyl adjacent to an activating group) is 1. The highest BCUT2D eigenvalue weighted by Crippen LogP contribution is 2.16. The van der Waals surface area contributed by atoms with Crippen LogP contribution in [-0.4, -0.2) is 82.3 Å². The van der Waals surface area contributed by atoms with Gasteiger partial charge >= 0.3 is 11.9 Å². The smallest absolute Gasteiger partial charge is 0.306 e. The summed E-state index contributed by atoms with van der Waals surface area (Å²) in [4.78, 5) is 37.3. The fraction of sp³-hybridized carbons (Fsp3) is 0.691. The van der Waals surface area contributed by atoms with Crippen LogP contribution in [-0.2, 0) is 33.3 Å². The van der Waals surface area contributed by atoms with E-state index in [0.717, 1.165) is 109 Å². The van der Waals surface area contributed by atoms with Crippen molar-refractivity contribution in [2.24, 2.45) is 0 Å². The average molecular weight is 1070 g/mol. The minimum absolute atomic E-state index is 0.142. The van der Waals surface area contributed by atoms with Crippen LogP contribution < -0.4 is 5.11 Å². The number of hydrogen-bond donors (Lipinski definition) is 0. The molecule has 0 aliphatic heterocycles.